The summed E-state index contributed by atoms with van der Waals surface area (Å²) in [5.41, 5.74) is 2.64. The number of nitrogens with zero attached hydrogens (tertiary/aromatic N) is 1. The molecule has 1 fully saturated rings. The van der Waals surface area contributed by atoms with Crippen LogP contribution in [0.3, 0.4) is 0 Å². The number of amides is 2. The van der Waals surface area contributed by atoms with Gasteiger partial charge in [-0.25, -0.2) is 0 Å². The summed E-state index contributed by atoms with van der Waals surface area (Å²) in [7, 11) is 0. The topological polar surface area (TPSA) is 62.6 Å². The Morgan fingerprint density at radius 1 is 1.00 bits per heavy atom. The molecule has 0 unspecified atom stereocenters. The Labute approximate surface area is 182 Å². The Kier molecular flexibility index (Phi) is 4.65. The molecule has 1 aliphatic rings. The summed E-state index contributed by atoms with van der Waals surface area (Å²) in [6, 6.07) is 18.3. The molecule has 3 aromatic carbocycles. The monoisotopic (exact) mass is 438 g/mol. The molecule has 0 saturated carbocycles. The molecule has 7 heteroatoms. The molecule has 4 aromatic rings. The number of carbonyl (C=O) groups excluding carboxylic acids is 2. The smallest absolute Gasteiger partial charge is 0.229 e. The van der Waals surface area contributed by atoms with E-state index in [1.54, 1.807) is 24.3 Å². The lowest BCUT2D eigenvalue weighted by Crippen LogP contribution is -2.28. The maximum atomic E-state index is 12.8. The number of rotatable bonds is 3. The third-order valence-electron chi connectivity index (χ3n) is 5.34. The van der Waals surface area contributed by atoms with Gasteiger partial charge in [0, 0.05) is 40.5 Å². The number of halogens is 2. The largest absolute Gasteiger partial charge is 0.456 e. The summed E-state index contributed by atoms with van der Waals surface area (Å²) < 4.78 is 5.88. The molecular weight excluding hydrogens is 423 g/mol. The average Bonchev–Trinajstić information content (AvgIpc) is 3.30. The van der Waals surface area contributed by atoms with Gasteiger partial charge in [-0.15, -0.1) is 0 Å². The molecule has 1 N–H and O–H groups in total. The van der Waals surface area contributed by atoms with E-state index in [2.05, 4.69) is 5.32 Å². The SMILES string of the molecule is O=C(Nc1ccc2c(c1)oc1ccccc12)[C@H]1CC(=O)N(c2cc(Cl)ccc2Cl)C1. The molecule has 30 heavy (non-hydrogen) atoms. The van der Waals surface area contributed by atoms with Gasteiger partial charge < -0.3 is 14.6 Å². The predicted molar refractivity (Wildman–Crippen MR) is 119 cm³/mol. The van der Waals surface area contributed by atoms with E-state index in [-0.39, 0.29) is 24.8 Å². The van der Waals surface area contributed by atoms with Gasteiger partial charge in [0.25, 0.3) is 0 Å². The van der Waals surface area contributed by atoms with Crippen LogP contribution in [0.5, 0.6) is 0 Å². The fraction of sp³-hybridized carbons (Fsp3) is 0.130. The van der Waals surface area contributed by atoms with Gasteiger partial charge in [-0.3, -0.25) is 9.59 Å². The van der Waals surface area contributed by atoms with Crippen molar-refractivity contribution in [1.82, 2.24) is 0 Å². The number of benzene rings is 3. The van der Waals surface area contributed by atoms with E-state index in [1.807, 2.05) is 36.4 Å². The third kappa shape index (κ3) is 3.30. The lowest BCUT2D eigenvalue weighted by atomic mass is 10.1. The summed E-state index contributed by atoms with van der Waals surface area (Å²) in [6.07, 6.45) is 0.113. The van der Waals surface area contributed by atoms with Gasteiger partial charge >= 0.3 is 0 Å². The number of hydrogen-bond donors (Lipinski definition) is 1. The van der Waals surface area contributed by atoms with Crippen LogP contribution in [0.2, 0.25) is 10.0 Å². The summed E-state index contributed by atoms with van der Waals surface area (Å²) in [5, 5.41) is 5.82. The van der Waals surface area contributed by atoms with Gasteiger partial charge in [-0.05, 0) is 36.4 Å². The van der Waals surface area contributed by atoms with Gasteiger partial charge in [-0.1, -0.05) is 41.4 Å². The van der Waals surface area contributed by atoms with Crippen LogP contribution in [0.15, 0.2) is 65.1 Å². The maximum absolute atomic E-state index is 12.8. The van der Waals surface area contributed by atoms with Gasteiger partial charge in [0.05, 0.1) is 16.6 Å². The number of carbonyl (C=O) groups is 2. The minimum atomic E-state index is -0.487. The highest BCUT2D eigenvalue weighted by Crippen LogP contribution is 2.34. The lowest BCUT2D eigenvalue weighted by molar-refractivity contribution is -0.122. The van der Waals surface area contributed by atoms with Crippen LogP contribution in [0.25, 0.3) is 21.9 Å². The minimum absolute atomic E-state index is 0.113. The Bertz CT molecular complexity index is 1310. The number of furan rings is 1. The molecule has 5 rings (SSSR count). The third-order valence-corrected chi connectivity index (χ3v) is 5.90. The van der Waals surface area contributed by atoms with Crippen LogP contribution in [0.1, 0.15) is 6.42 Å². The molecule has 0 radical (unpaired) electrons. The van der Waals surface area contributed by atoms with Crippen molar-refractivity contribution in [3.05, 3.63) is 70.7 Å². The first-order valence-electron chi connectivity index (χ1n) is 9.47. The number of anilines is 2. The molecule has 2 heterocycles. The van der Waals surface area contributed by atoms with Crippen molar-refractivity contribution in [2.75, 3.05) is 16.8 Å². The second-order valence-electron chi connectivity index (χ2n) is 7.30. The average molecular weight is 439 g/mol. The summed E-state index contributed by atoms with van der Waals surface area (Å²) >= 11 is 12.3. The first kappa shape index (κ1) is 19.0. The van der Waals surface area contributed by atoms with Gasteiger partial charge in [-0.2, -0.15) is 0 Å². The molecule has 0 bridgehead atoms. The molecule has 0 spiro atoms. The van der Waals surface area contributed by atoms with E-state index in [9.17, 15) is 9.59 Å². The molecule has 2 amide bonds. The van der Waals surface area contributed by atoms with Crippen molar-refractivity contribution in [2.45, 2.75) is 6.42 Å². The van der Waals surface area contributed by atoms with Crippen molar-refractivity contribution < 1.29 is 14.0 Å². The minimum Gasteiger partial charge on any atom is -0.456 e. The van der Waals surface area contributed by atoms with Crippen molar-refractivity contribution in [1.29, 1.82) is 0 Å². The fourth-order valence-corrected chi connectivity index (χ4v) is 4.24. The highest BCUT2D eigenvalue weighted by atomic mass is 35.5. The summed E-state index contributed by atoms with van der Waals surface area (Å²) in [6.45, 7) is 0.248. The van der Waals surface area contributed by atoms with E-state index < -0.39 is 5.92 Å². The maximum Gasteiger partial charge on any atom is 0.229 e. The van der Waals surface area contributed by atoms with Gasteiger partial charge in [0.2, 0.25) is 11.8 Å². The van der Waals surface area contributed by atoms with Crippen LogP contribution in [0, 0.1) is 5.92 Å². The van der Waals surface area contributed by atoms with E-state index in [0.29, 0.717) is 27.0 Å². The standard InChI is InChI=1S/C23H16Cl2N2O3/c24-14-5-8-18(25)19(10-14)27-12-13(9-22(27)28)23(29)26-15-6-7-17-16-3-1-2-4-20(16)30-21(17)11-15/h1-8,10-11,13H,9,12H2,(H,26,29)/t13-/m0/s1. The Hall–Kier alpha value is -3.02. The quantitative estimate of drug-likeness (QED) is 0.433. The van der Waals surface area contributed by atoms with Crippen molar-refractivity contribution in [2.24, 2.45) is 5.92 Å². The van der Waals surface area contributed by atoms with Crippen LogP contribution in [0.4, 0.5) is 11.4 Å². The Morgan fingerprint density at radius 3 is 2.67 bits per heavy atom. The molecule has 150 valence electrons. The zero-order chi connectivity index (χ0) is 20.8. The predicted octanol–water partition coefficient (Wildman–Crippen LogP) is 5.88. The second kappa shape index (κ2) is 7.35. The first-order valence-corrected chi connectivity index (χ1v) is 10.2. The van der Waals surface area contributed by atoms with Crippen LogP contribution >= 0.6 is 23.2 Å². The number of para-hydroxylation sites is 1. The summed E-state index contributed by atoms with van der Waals surface area (Å²) in [4.78, 5) is 26.8. The molecule has 0 aliphatic carbocycles. The molecule has 1 saturated heterocycles. The van der Waals surface area contributed by atoms with E-state index in [4.69, 9.17) is 27.6 Å². The van der Waals surface area contributed by atoms with E-state index in [1.165, 1.54) is 4.90 Å². The molecule has 1 atom stereocenters. The van der Waals surface area contributed by atoms with Crippen LogP contribution in [-0.2, 0) is 9.59 Å². The zero-order valence-electron chi connectivity index (χ0n) is 15.7. The number of hydrogen-bond acceptors (Lipinski definition) is 3. The van der Waals surface area contributed by atoms with Crippen LogP contribution < -0.4 is 10.2 Å². The lowest BCUT2D eigenvalue weighted by Gasteiger charge is -2.18. The van der Waals surface area contributed by atoms with E-state index >= 15 is 0 Å². The van der Waals surface area contributed by atoms with Gasteiger partial charge in [0.1, 0.15) is 11.2 Å². The van der Waals surface area contributed by atoms with Crippen molar-refractivity contribution in [3.63, 3.8) is 0 Å². The van der Waals surface area contributed by atoms with Crippen LogP contribution in [-0.4, -0.2) is 18.4 Å². The molecular formula is C23H16Cl2N2O3. The fourth-order valence-electron chi connectivity index (χ4n) is 3.86. The summed E-state index contributed by atoms with van der Waals surface area (Å²) in [5.74, 6) is -0.870. The molecule has 1 aliphatic heterocycles. The molecule has 1 aromatic heterocycles. The Balaban J connectivity index is 1.36. The number of fused-ring (bicyclic) bond motifs is 3. The zero-order valence-corrected chi connectivity index (χ0v) is 17.2. The van der Waals surface area contributed by atoms with Crippen molar-refractivity contribution >= 4 is 68.3 Å². The number of nitrogens with one attached hydrogen (secondary N) is 1. The van der Waals surface area contributed by atoms with Crippen molar-refractivity contribution in [3.8, 4) is 0 Å². The first-order chi connectivity index (χ1) is 14.5. The van der Waals surface area contributed by atoms with Gasteiger partial charge in [0.15, 0.2) is 0 Å². The highest BCUT2D eigenvalue weighted by molar-refractivity contribution is 6.36. The second-order valence-corrected chi connectivity index (χ2v) is 8.14. The van der Waals surface area contributed by atoms with E-state index in [0.717, 1.165) is 16.4 Å². The normalized spacial score (nSPS) is 16.5. The molecule has 5 nitrogen and oxygen atoms in total. The highest BCUT2D eigenvalue weighted by Gasteiger charge is 2.36. The Morgan fingerprint density at radius 2 is 1.80 bits per heavy atom.